The Morgan fingerprint density at radius 3 is 3.00 bits per heavy atom. The Morgan fingerprint density at radius 1 is 1.86 bits per heavy atom. The first kappa shape index (κ1) is 4.05. The van der Waals surface area contributed by atoms with E-state index in [0.29, 0.717) is 5.82 Å². The molecule has 0 spiro atoms. The van der Waals surface area contributed by atoms with Crippen molar-refractivity contribution in [3.05, 3.63) is 24.8 Å². The van der Waals surface area contributed by atoms with Crippen molar-refractivity contribution in [2.75, 3.05) is 0 Å². The highest BCUT2D eigenvalue weighted by atomic mass is 15.2. The van der Waals surface area contributed by atoms with Gasteiger partial charge in [-0.3, -0.25) is 5.10 Å². The Balaban J connectivity index is 2.96. The lowest BCUT2D eigenvalue weighted by atomic mass is 10.6. The van der Waals surface area contributed by atoms with E-state index in [-0.39, 0.29) is 0 Å². The second kappa shape index (κ2) is 1.55. The van der Waals surface area contributed by atoms with E-state index in [9.17, 15) is 0 Å². The summed E-state index contributed by atoms with van der Waals surface area (Å²) in [6.07, 6.45) is 3.98. The highest BCUT2D eigenvalue weighted by Crippen LogP contribution is 1.78. The highest BCUT2D eigenvalue weighted by molar-refractivity contribution is 4.90. The van der Waals surface area contributed by atoms with Gasteiger partial charge < -0.3 is 0 Å². The molecule has 1 heterocycles. The van der Waals surface area contributed by atoms with Gasteiger partial charge in [0.1, 0.15) is 6.33 Å². The average Bonchev–Trinajstić information content (AvgIpc) is 2.14. The van der Waals surface area contributed by atoms with Crippen molar-refractivity contribution >= 4 is 0 Å². The SMILES string of the molecule is C=[C]c1nc[nH]n1. The van der Waals surface area contributed by atoms with Crippen molar-refractivity contribution < 1.29 is 0 Å². The number of aromatic nitrogens is 3. The smallest absolute Gasteiger partial charge is 0.180 e. The van der Waals surface area contributed by atoms with Crippen LogP contribution in [0.1, 0.15) is 5.82 Å². The van der Waals surface area contributed by atoms with Crippen molar-refractivity contribution in [2.24, 2.45) is 0 Å². The number of hydrogen-bond acceptors (Lipinski definition) is 2. The first-order chi connectivity index (χ1) is 3.43. The molecule has 0 saturated carbocycles. The minimum atomic E-state index is 0.514. The summed E-state index contributed by atoms with van der Waals surface area (Å²) >= 11 is 0. The molecule has 1 N–H and O–H groups in total. The number of hydrogen-bond donors (Lipinski definition) is 1. The molecule has 0 bridgehead atoms. The molecular weight excluding hydrogens is 90.1 g/mol. The average molecular weight is 94.1 g/mol. The van der Waals surface area contributed by atoms with Crippen LogP contribution in [0.4, 0.5) is 0 Å². The van der Waals surface area contributed by atoms with E-state index in [1.54, 1.807) is 0 Å². The summed E-state index contributed by atoms with van der Waals surface area (Å²) in [5, 5.41) is 6.14. The molecule has 1 aromatic rings. The van der Waals surface area contributed by atoms with Gasteiger partial charge in [0.15, 0.2) is 5.82 Å². The molecule has 3 heteroatoms. The van der Waals surface area contributed by atoms with Crippen molar-refractivity contribution in [3.63, 3.8) is 0 Å². The van der Waals surface area contributed by atoms with Crippen LogP contribution in [0.15, 0.2) is 12.9 Å². The first-order valence-electron chi connectivity index (χ1n) is 1.82. The molecule has 0 aliphatic carbocycles. The predicted octanol–water partition coefficient (Wildman–Crippen LogP) is 0.142. The monoisotopic (exact) mass is 94.0 g/mol. The second-order valence-corrected chi connectivity index (χ2v) is 0.999. The molecule has 0 amide bonds. The first-order valence-corrected chi connectivity index (χ1v) is 1.82. The lowest BCUT2D eigenvalue weighted by molar-refractivity contribution is 1.06. The molecule has 1 aromatic heterocycles. The summed E-state index contributed by atoms with van der Waals surface area (Å²) in [7, 11) is 0. The van der Waals surface area contributed by atoms with Crippen LogP contribution in [0.3, 0.4) is 0 Å². The number of nitrogens with one attached hydrogen (secondary N) is 1. The maximum absolute atomic E-state index is 3.69. The molecule has 0 aliphatic rings. The van der Waals surface area contributed by atoms with Gasteiger partial charge in [-0.15, -0.1) is 0 Å². The zero-order valence-corrected chi connectivity index (χ0v) is 3.68. The van der Waals surface area contributed by atoms with Crippen molar-refractivity contribution in [1.29, 1.82) is 0 Å². The fourth-order valence-corrected chi connectivity index (χ4v) is 0.294. The minimum absolute atomic E-state index is 0.514. The third-order valence-corrected chi connectivity index (χ3v) is 0.573. The molecule has 0 unspecified atom stereocenters. The molecule has 1 radical (unpaired) electrons. The van der Waals surface area contributed by atoms with Gasteiger partial charge in [-0.2, -0.15) is 5.10 Å². The summed E-state index contributed by atoms with van der Waals surface area (Å²) in [5.74, 6) is 0.514. The molecule has 1 rings (SSSR count). The predicted molar refractivity (Wildman–Crippen MR) is 24.4 cm³/mol. The van der Waals surface area contributed by atoms with Crippen LogP contribution >= 0.6 is 0 Å². The van der Waals surface area contributed by atoms with Crippen LogP contribution in [0.25, 0.3) is 0 Å². The summed E-state index contributed by atoms with van der Waals surface area (Å²) < 4.78 is 0. The van der Waals surface area contributed by atoms with E-state index < -0.39 is 0 Å². The largest absolute Gasteiger partial charge is 0.265 e. The van der Waals surface area contributed by atoms with E-state index >= 15 is 0 Å². The normalized spacial score (nSPS) is 8.57. The van der Waals surface area contributed by atoms with Gasteiger partial charge in [0.05, 0.1) is 0 Å². The van der Waals surface area contributed by atoms with Gasteiger partial charge in [-0.05, 0) is 0 Å². The van der Waals surface area contributed by atoms with Gasteiger partial charge in [0.2, 0.25) is 0 Å². The molecule has 7 heavy (non-hydrogen) atoms. The molecule has 35 valence electrons. The molecule has 0 aliphatic heterocycles. The molecule has 0 fully saturated rings. The Kier molecular flexibility index (Phi) is 0.898. The third kappa shape index (κ3) is 0.652. The minimum Gasteiger partial charge on any atom is -0.265 e. The molecule has 3 nitrogen and oxygen atoms in total. The van der Waals surface area contributed by atoms with E-state index in [0.717, 1.165) is 0 Å². The Bertz CT molecular complexity index is 142. The molecule has 0 aromatic carbocycles. The summed E-state index contributed by atoms with van der Waals surface area (Å²) in [6.45, 7) is 3.33. The van der Waals surface area contributed by atoms with Crippen LogP contribution in [-0.4, -0.2) is 15.2 Å². The lowest BCUT2D eigenvalue weighted by Gasteiger charge is -1.66. The fraction of sp³-hybridized carbons (Fsp3) is 0. The Morgan fingerprint density at radius 2 is 2.71 bits per heavy atom. The second-order valence-electron chi connectivity index (χ2n) is 0.999. The quantitative estimate of drug-likeness (QED) is 0.537. The summed E-state index contributed by atoms with van der Waals surface area (Å²) in [4.78, 5) is 3.69. The molecule has 0 atom stereocenters. The van der Waals surface area contributed by atoms with Crippen LogP contribution in [-0.2, 0) is 0 Å². The van der Waals surface area contributed by atoms with Crippen LogP contribution in [0, 0.1) is 6.08 Å². The van der Waals surface area contributed by atoms with Crippen molar-refractivity contribution in [2.45, 2.75) is 0 Å². The Hall–Kier alpha value is -1.12. The summed E-state index contributed by atoms with van der Waals surface area (Å²) in [6, 6.07) is 0. The number of nitrogens with zero attached hydrogens (tertiary/aromatic N) is 2. The van der Waals surface area contributed by atoms with Gasteiger partial charge >= 0.3 is 0 Å². The van der Waals surface area contributed by atoms with E-state index in [2.05, 4.69) is 27.8 Å². The zero-order chi connectivity index (χ0) is 5.11. The number of H-pyrrole nitrogens is 1. The number of aromatic amines is 1. The fourth-order valence-electron chi connectivity index (χ4n) is 0.294. The topological polar surface area (TPSA) is 41.6 Å². The standard InChI is InChI=1S/C4H4N3/c1-2-4-5-3-6-7-4/h3H,1H2,(H,5,6,7). The molecule has 0 saturated heterocycles. The van der Waals surface area contributed by atoms with Crippen molar-refractivity contribution in [3.8, 4) is 0 Å². The number of rotatable bonds is 1. The zero-order valence-electron chi connectivity index (χ0n) is 3.68. The maximum Gasteiger partial charge on any atom is 0.180 e. The van der Waals surface area contributed by atoms with Gasteiger partial charge in [0, 0.05) is 6.08 Å². The van der Waals surface area contributed by atoms with Gasteiger partial charge in [-0.1, -0.05) is 6.58 Å². The van der Waals surface area contributed by atoms with Gasteiger partial charge in [-0.25, -0.2) is 4.98 Å². The maximum atomic E-state index is 3.69. The van der Waals surface area contributed by atoms with Crippen molar-refractivity contribution in [1.82, 2.24) is 15.2 Å². The highest BCUT2D eigenvalue weighted by Gasteiger charge is 1.81. The van der Waals surface area contributed by atoms with Crippen LogP contribution in [0.2, 0.25) is 0 Å². The Labute approximate surface area is 41.1 Å². The van der Waals surface area contributed by atoms with Gasteiger partial charge in [0.25, 0.3) is 0 Å². The summed E-state index contributed by atoms with van der Waals surface area (Å²) in [5.41, 5.74) is 0. The van der Waals surface area contributed by atoms with Crippen LogP contribution < -0.4 is 0 Å². The van der Waals surface area contributed by atoms with E-state index in [1.165, 1.54) is 6.33 Å². The van der Waals surface area contributed by atoms with E-state index in [4.69, 9.17) is 0 Å². The molecular formula is C4H4N3. The van der Waals surface area contributed by atoms with E-state index in [1.807, 2.05) is 0 Å². The third-order valence-electron chi connectivity index (χ3n) is 0.573. The van der Waals surface area contributed by atoms with Crippen LogP contribution in [0.5, 0.6) is 0 Å². The lowest BCUT2D eigenvalue weighted by Crippen LogP contribution is -1.72.